The summed E-state index contributed by atoms with van der Waals surface area (Å²) in [5.41, 5.74) is 1.42. The van der Waals surface area contributed by atoms with Gasteiger partial charge < -0.3 is 4.74 Å². The van der Waals surface area contributed by atoms with Gasteiger partial charge in [0.2, 0.25) is 0 Å². The number of ketones is 1. The van der Waals surface area contributed by atoms with Gasteiger partial charge in [-0.15, -0.1) is 0 Å². The second-order valence-electron chi connectivity index (χ2n) is 4.28. The molecule has 0 fully saturated rings. The fourth-order valence-corrected chi connectivity index (χ4v) is 1.70. The minimum atomic E-state index is -0.389. The highest BCUT2D eigenvalue weighted by Gasteiger charge is 2.07. The molecule has 2 aromatic carbocycles. The molecule has 0 aliphatic carbocycles. The van der Waals surface area contributed by atoms with Crippen molar-refractivity contribution in [1.29, 1.82) is 0 Å². The summed E-state index contributed by atoms with van der Waals surface area (Å²) in [6.45, 7) is 1.54. The lowest BCUT2D eigenvalue weighted by atomic mass is 10.1. The summed E-state index contributed by atoms with van der Waals surface area (Å²) in [5.74, 6) is 0.190. The van der Waals surface area contributed by atoms with Crippen LogP contribution >= 0.6 is 0 Å². The Balaban J connectivity index is 2.04. The molecule has 96 valence electrons. The van der Waals surface area contributed by atoms with Crippen LogP contribution in [0, 0.1) is 0 Å². The molecule has 19 heavy (non-hydrogen) atoms. The summed E-state index contributed by atoms with van der Waals surface area (Å²) in [5, 5.41) is 0. The zero-order valence-corrected chi connectivity index (χ0v) is 10.6. The van der Waals surface area contributed by atoms with E-state index in [4.69, 9.17) is 4.74 Å². The first-order valence-corrected chi connectivity index (χ1v) is 6.01. The van der Waals surface area contributed by atoms with Gasteiger partial charge in [0, 0.05) is 6.42 Å². The Morgan fingerprint density at radius 1 is 0.947 bits per heavy atom. The number of ether oxygens (including phenoxy) is 1. The molecule has 0 unspecified atom stereocenters. The third-order valence-corrected chi connectivity index (χ3v) is 2.60. The molecule has 2 aromatic rings. The van der Waals surface area contributed by atoms with Crippen LogP contribution in [0.5, 0.6) is 5.75 Å². The number of benzene rings is 2. The van der Waals surface area contributed by atoms with Gasteiger partial charge in [0.15, 0.2) is 0 Å². The Morgan fingerprint density at radius 2 is 1.58 bits per heavy atom. The lowest BCUT2D eigenvalue weighted by Gasteiger charge is -2.05. The van der Waals surface area contributed by atoms with Crippen molar-refractivity contribution in [3.05, 3.63) is 65.7 Å². The second kappa shape index (κ2) is 5.96. The Labute approximate surface area is 111 Å². The molecule has 0 spiro atoms. The molecule has 2 rings (SSSR count). The quantitative estimate of drug-likeness (QED) is 0.622. The van der Waals surface area contributed by atoms with Crippen LogP contribution < -0.4 is 4.74 Å². The van der Waals surface area contributed by atoms with Gasteiger partial charge in [-0.1, -0.05) is 30.3 Å². The summed E-state index contributed by atoms with van der Waals surface area (Å²) in [6, 6.07) is 15.8. The van der Waals surface area contributed by atoms with Crippen LogP contribution in [-0.4, -0.2) is 11.8 Å². The average molecular weight is 254 g/mol. The number of carbonyl (C=O) groups excluding carboxylic acids is 2. The highest BCUT2D eigenvalue weighted by molar-refractivity contribution is 5.90. The van der Waals surface area contributed by atoms with Crippen molar-refractivity contribution in [3.8, 4) is 5.75 Å². The van der Waals surface area contributed by atoms with Gasteiger partial charge in [-0.2, -0.15) is 0 Å². The van der Waals surface area contributed by atoms with Gasteiger partial charge in [0.05, 0.1) is 5.56 Å². The lowest BCUT2D eigenvalue weighted by molar-refractivity contribution is -0.116. The van der Waals surface area contributed by atoms with Gasteiger partial charge in [0.25, 0.3) is 0 Å². The van der Waals surface area contributed by atoms with E-state index in [0.29, 0.717) is 17.7 Å². The Morgan fingerprint density at radius 3 is 2.16 bits per heavy atom. The molecule has 0 aromatic heterocycles. The summed E-state index contributed by atoms with van der Waals surface area (Å²) in [4.78, 5) is 22.8. The molecule has 0 N–H and O–H groups in total. The zero-order valence-electron chi connectivity index (χ0n) is 10.6. The molecular formula is C16H14O3. The van der Waals surface area contributed by atoms with Gasteiger partial charge in [-0.05, 0) is 36.8 Å². The van der Waals surface area contributed by atoms with Crippen molar-refractivity contribution < 1.29 is 14.3 Å². The van der Waals surface area contributed by atoms with Crippen molar-refractivity contribution in [2.45, 2.75) is 13.3 Å². The van der Waals surface area contributed by atoms with Crippen LogP contribution in [0.1, 0.15) is 22.8 Å². The van der Waals surface area contributed by atoms with Crippen molar-refractivity contribution in [1.82, 2.24) is 0 Å². The van der Waals surface area contributed by atoms with Crippen LogP contribution in [0.2, 0.25) is 0 Å². The molecule has 3 heteroatoms. The van der Waals surface area contributed by atoms with E-state index in [0.717, 1.165) is 5.56 Å². The fraction of sp³-hybridized carbons (Fsp3) is 0.125. The van der Waals surface area contributed by atoms with Gasteiger partial charge >= 0.3 is 5.97 Å². The Hall–Kier alpha value is -2.42. The van der Waals surface area contributed by atoms with Crippen molar-refractivity contribution in [3.63, 3.8) is 0 Å². The summed E-state index contributed by atoms with van der Waals surface area (Å²) < 4.78 is 5.24. The van der Waals surface area contributed by atoms with Gasteiger partial charge in [0.1, 0.15) is 11.5 Å². The standard InChI is InChI=1S/C16H14O3/c1-12(17)11-13-7-9-15(10-8-13)19-16(18)14-5-3-2-4-6-14/h2-10H,11H2,1H3. The predicted octanol–water partition coefficient (Wildman–Crippen LogP) is 3.04. The van der Waals surface area contributed by atoms with E-state index in [2.05, 4.69) is 0 Å². The SMILES string of the molecule is CC(=O)Cc1ccc(OC(=O)c2ccccc2)cc1. The molecule has 0 radical (unpaired) electrons. The van der Waals surface area contributed by atoms with Crippen LogP contribution in [0.3, 0.4) is 0 Å². The third-order valence-electron chi connectivity index (χ3n) is 2.60. The van der Waals surface area contributed by atoms with E-state index in [9.17, 15) is 9.59 Å². The second-order valence-corrected chi connectivity index (χ2v) is 4.28. The first-order chi connectivity index (χ1) is 9.15. The van der Waals surface area contributed by atoms with Crippen LogP contribution in [0.25, 0.3) is 0 Å². The molecule has 0 saturated heterocycles. The molecule has 0 aliphatic heterocycles. The summed E-state index contributed by atoms with van der Waals surface area (Å²) >= 11 is 0. The fourth-order valence-electron chi connectivity index (χ4n) is 1.70. The lowest BCUT2D eigenvalue weighted by Crippen LogP contribution is -2.08. The van der Waals surface area contributed by atoms with Crippen LogP contribution in [0.4, 0.5) is 0 Å². The summed E-state index contributed by atoms with van der Waals surface area (Å²) in [7, 11) is 0. The van der Waals surface area contributed by atoms with E-state index in [1.54, 1.807) is 55.5 Å². The predicted molar refractivity (Wildman–Crippen MR) is 72.2 cm³/mol. The Kier molecular flexibility index (Phi) is 4.08. The highest BCUT2D eigenvalue weighted by Crippen LogP contribution is 2.14. The minimum absolute atomic E-state index is 0.106. The average Bonchev–Trinajstić information content (AvgIpc) is 2.41. The molecule has 3 nitrogen and oxygen atoms in total. The molecular weight excluding hydrogens is 240 g/mol. The molecule has 0 saturated carbocycles. The van der Waals surface area contributed by atoms with Crippen LogP contribution in [-0.2, 0) is 11.2 Å². The van der Waals surface area contributed by atoms with E-state index >= 15 is 0 Å². The molecule has 0 amide bonds. The Bertz CT molecular complexity index is 571. The van der Waals surface area contributed by atoms with E-state index in [1.807, 2.05) is 6.07 Å². The third kappa shape index (κ3) is 3.78. The maximum Gasteiger partial charge on any atom is 0.343 e. The first-order valence-electron chi connectivity index (χ1n) is 6.01. The van der Waals surface area contributed by atoms with Crippen molar-refractivity contribution in [2.24, 2.45) is 0 Å². The van der Waals surface area contributed by atoms with Crippen molar-refractivity contribution >= 4 is 11.8 Å². The zero-order chi connectivity index (χ0) is 13.7. The molecule has 0 atom stereocenters. The van der Waals surface area contributed by atoms with Gasteiger partial charge in [-0.25, -0.2) is 4.79 Å². The topological polar surface area (TPSA) is 43.4 Å². The largest absolute Gasteiger partial charge is 0.423 e. The van der Waals surface area contributed by atoms with E-state index in [1.165, 1.54) is 0 Å². The number of carbonyl (C=O) groups is 2. The normalized spacial score (nSPS) is 9.95. The number of rotatable bonds is 4. The van der Waals surface area contributed by atoms with E-state index in [-0.39, 0.29) is 11.8 Å². The van der Waals surface area contributed by atoms with E-state index < -0.39 is 0 Å². The maximum absolute atomic E-state index is 11.8. The summed E-state index contributed by atoms with van der Waals surface area (Å²) in [6.07, 6.45) is 0.396. The number of Topliss-reactive ketones (excluding diaryl/α,β-unsaturated/α-hetero) is 1. The smallest absolute Gasteiger partial charge is 0.343 e. The minimum Gasteiger partial charge on any atom is -0.423 e. The first kappa shape index (κ1) is 13.0. The molecule has 0 aliphatic rings. The van der Waals surface area contributed by atoms with Crippen molar-refractivity contribution in [2.75, 3.05) is 0 Å². The van der Waals surface area contributed by atoms with Gasteiger partial charge in [-0.3, -0.25) is 4.79 Å². The van der Waals surface area contributed by atoms with Crippen LogP contribution in [0.15, 0.2) is 54.6 Å². The maximum atomic E-state index is 11.8. The molecule has 0 heterocycles. The highest BCUT2D eigenvalue weighted by atomic mass is 16.5. The number of hydrogen-bond acceptors (Lipinski definition) is 3. The number of hydrogen-bond donors (Lipinski definition) is 0. The molecule has 0 bridgehead atoms. The monoisotopic (exact) mass is 254 g/mol. The number of esters is 1.